The summed E-state index contributed by atoms with van der Waals surface area (Å²) in [6.45, 7) is 2.86. The van der Waals surface area contributed by atoms with Crippen LogP contribution in [0, 0.1) is 5.82 Å². The summed E-state index contributed by atoms with van der Waals surface area (Å²) < 4.78 is 18.7. The molecule has 0 amide bonds. The second kappa shape index (κ2) is 9.21. The fraction of sp³-hybridized carbons (Fsp3) is 0.600. The predicted molar refractivity (Wildman–Crippen MR) is 74.8 cm³/mol. The molecule has 0 radical (unpaired) electrons. The van der Waals surface area contributed by atoms with Gasteiger partial charge in [-0.3, -0.25) is 0 Å². The highest BCUT2D eigenvalue weighted by molar-refractivity contribution is 6.17. The van der Waals surface area contributed by atoms with Crippen molar-refractivity contribution < 1.29 is 9.13 Å². The lowest BCUT2D eigenvalue weighted by Gasteiger charge is -2.07. The Morgan fingerprint density at radius 1 is 1.06 bits per heavy atom. The maximum absolute atomic E-state index is 13.2. The standard InChI is InChI=1S/C15H22ClFO/c1-2-3-4-5-6-7-8-18-15-10-13(12-16)9-14(17)11-15/h9-11H,2-8,12H2,1H3. The predicted octanol–water partition coefficient (Wildman–Crippen LogP) is 5.30. The first-order valence-electron chi connectivity index (χ1n) is 6.74. The molecule has 18 heavy (non-hydrogen) atoms. The first-order chi connectivity index (χ1) is 8.76. The lowest BCUT2D eigenvalue weighted by atomic mass is 10.1. The van der Waals surface area contributed by atoms with Crippen molar-refractivity contribution in [3.8, 4) is 5.75 Å². The Labute approximate surface area is 114 Å². The Morgan fingerprint density at radius 2 is 1.78 bits per heavy atom. The van der Waals surface area contributed by atoms with Crippen LogP contribution in [0.5, 0.6) is 5.75 Å². The maximum atomic E-state index is 13.2. The number of alkyl halides is 1. The van der Waals surface area contributed by atoms with Crippen LogP contribution in [0.25, 0.3) is 0 Å². The molecular weight excluding hydrogens is 251 g/mol. The second-order valence-corrected chi connectivity index (χ2v) is 4.81. The van der Waals surface area contributed by atoms with Crippen molar-refractivity contribution in [1.82, 2.24) is 0 Å². The number of rotatable bonds is 9. The van der Waals surface area contributed by atoms with E-state index in [-0.39, 0.29) is 5.82 Å². The Kier molecular flexibility index (Phi) is 7.83. The van der Waals surface area contributed by atoms with Crippen molar-refractivity contribution in [3.05, 3.63) is 29.6 Å². The van der Waals surface area contributed by atoms with E-state index in [2.05, 4.69) is 6.92 Å². The Morgan fingerprint density at radius 3 is 2.50 bits per heavy atom. The molecule has 0 spiro atoms. The van der Waals surface area contributed by atoms with Gasteiger partial charge in [0.25, 0.3) is 0 Å². The van der Waals surface area contributed by atoms with E-state index in [4.69, 9.17) is 16.3 Å². The van der Waals surface area contributed by atoms with Gasteiger partial charge >= 0.3 is 0 Å². The van der Waals surface area contributed by atoms with E-state index in [1.165, 1.54) is 44.2 Å². The van der Waals surface area contributed by atoms with Crippen molar-refractivity contribution >= 4 is 11.6 Å². The van der Waals surface area contributed by atoms with E-state index in [1.54, 1.807) is 6.07 Å². The molecule has 0 unspecified atom stereocenters. The van der Waals surface area contributed by atoms with E-state index in [1.807, 2.05) is 0 Å². The van der Waals surface area contributed by atoms with E-state index < -0.39 is 0 Å². The molecule has 1 nitrogen and oxygen atoms in total. The smallest absolute Gasteiger partial charge is 0.127 e. The SMILES string of the molecule is CCCCCCCCOc1cc(F)cc(CCl)c1. The topological polar surface area (TPSA) is 9.23 Å². The molecule has 0 heterocycles. The van der Waals surface area contributed by atoms with Crippen molar-refractivity contribution in [2.75, 3.05) is 6.61 Å². The first kappa shape index (κ1) is 15.3. The molecule has 0 bridgehead atoms. The zero-order chi connectivity index (χ0) is 13.2. The van der Waals surface area contributed by atoms with Gasteiger partial charge in [-0.1, -0.05) is 39.0 Å². The van der Waals surface area contributed by atoms with Crippen molar-refractivity contribution in [2.24, 2.45) is 0 Å². The van der Waals surface area contributed by atoms with E-state index in [0.717, 1.165) is 12.0 Å². The molecule has 0 aliphatic rings. The molecule has 0 atom stereocenters. The van der Waals surface area contributed by atoms with Gasteiger partial charge in [0.05, 0.1) is 6.61 Å². The second-order valence-electron chi connectivity index (χ2n) is 4.55. The maximum Gasteiger partial charge on any atom is 0.127 e. The van der Waals surface area contributed by atoms with Gasteiger partial charge < -0.3 is 4.74 Å². The van der Waals surface area contributed by atoms with Crippen molar-refractivity contribution in [1.29, 1.82) is 0 Å². The minimum Gasteiger partial charge on any atom is -0.493 e. The summed E-state index contributed by atoms with van der Waals surface area (Å²) in [6, 6.07) is 4.64. The third-order valence-electron chi connectivity index (χ3n) is 2.85. The lowest BCUT2D eigenvalue weighted by molar-refractivity contribution is 0.302. The molecule has 1 aromatic rings. The van der Waals surface area contributed by atoms with Crippen LogP contribution in [0.2, 0.25) is 0 Å². The largest absolute Gasteiger partial charge is 0.493 e. The zero-order valence-corrected chi connectivity index (χ0v) is 11.8. The minimum absolute atomic E-state index is 0.286. The van der Waals surface area contributed by atoms with Crippen LogP contribution in [-0.2, 0) is 5.88 Å². The lowest BCUT2D eigenvalue weighted by Crippen LogP contribution is -1.98. The highest BCUT2D eigenvalue weighted by Gasteiger charge is 2.01. The number of hydrogen-bond donors (Lipinski definition) is 0. The molecule has 0 aliphatic carbocycles. The third kappa shape index (κ3) is 6.25. The highest BCUT2D eigenvalue weighted by atomic mass is 35.5. The Hall–Kier alpha value is -0.760. The van der Waals surface area contributed by atoms with Crippen LogP contribution < -0.4 is 4.74 Å². The van der Waals surface area contributed by atoms with Crippen LogP contribution in [0.3, 0.4) is 0 Å². The number of ether oxygens (including phenoxy) is 1. The number of benzene rings is 1. The zero-order valence-electron chi connectivity index (χ0n) is 11.1. The van der Waals surface area contributed by atoms with Gasteiger partial charge in [0.1, 0.15) is 11.6 Å². The molecule has 102 valence electrons. The van der Waals surface area contributed by atoms with Gasteiger partial charge in [-0.2, -0.15) is 0 Å². The van der Waals surface area contributed by atoms with E-state index in [0.29, 0.717) is 18.2 Å². The van der Waals surface area contributed by atoms with Crippen molar-refractivity contribution in [2.45, 2.75) is 51.3 Å². The molecule has 0 N–H and O–H groups in total. The average Bonchev–Trinajstić information content (AvgIpc) is 2.37. The monoisotopic (exact) mass is 272 g/mol. The summed E-state index contributed by atoms with van der Waals surface area (Å²) in [6.07, 6.45) is 7.33. The molecule has 3 heteroatoms. The molecule has 1 aromatic carbocycles. The number of halogens is 2. The molecule has 0 saturated heterocycles. The van der Waals surface area contributed by atoms with Crippen LogP contribution in [0.15, 0.2) is 18.2 Å². The van der Waals surface area contributed by atoms with Crippen LogP contribution in [0.1, 0.15) is 51.0 Å². The summed E-state index contributed by atoms with van der Waals surface area (Å²) >= 11 is 5.68. The van der Waals surface area contributed by atoms with E-state index >= 15 is 0 Å². The molecule has 0 saturated carbocycles. The van der Waals surface area contributed by atoms with Crippen LogP contribution in [-0.4, -0.2) is 6.61 Å². The van der Waals surface area contributed by atoms with Crippen LogP contribution >= 0.6 is 11.6 Å². The Bertz CT molecular complexity index is 341. The highest BCUT2D eigenvalue weighted by Crippen LogP contribution is 2.18. The van der Waals surface area contributed by atoms with Crippen LogP contribution in [0.4, 0.5) is 4.39 Å². The average molecular weight is 273 g/mol. The van der Waals surface area contributed by atoms with E-state index in [9.17, 15) is 4.39 Å². The quantitative estimate of drug-likeness (QED) is 0.438. The molecule has 0 aliphatic heterocycles. The first-order valence-corrected chi connectivity index (χ1v) is 7.28. The van der Waals surface area contributed by atoms with Gasteiger partial charge in [0.15, 0.2) is 0 Å². The third-order valence-corrected chi connectivity index (χ3v) is 3.16. The number of hydrogen-bond acceptors (Lipinski definition) is 1. The van der Waals surface area contributed by atoms with Gasteiger partial charge in [0.2, 0.25) is 0 Å². The number of unbranched alkanes of at least 4 members (excludes halogenated alkanes) is 5. The molecule has 0 fully saturated rings. The van der Waals surface area contributed by atoms with Gasteiger partial charge in [0, 0.05) is 11.9 Å². The molecule has 0 aromatic heterocycles. The summed E-state index contributed by atoms with van der Waals surface area (Å²) in [5.41, 5.74) is 0.759. The van der Waals surface area contributed by atoms with Gasteiger partial charge in [-0.15, -0.1) is 11.6 Å². The molecule has 1 rings (SSSR count). The van der Waals surface area contributed by atoms with Gasteiger partial charge in [-0.25, -0.2) is 4.39 Å². The minimum atomic E-state index is -0.286. The summed E-state index contributed by atoms with van der Waals surface area (Å²) in [5, 5.41) is 0. The fourth-order valence-corrected chi connectivity index (χ4v) is 2.01. The summed E-state index contributed by atoms with van der Waals surface area (Å²) in [7, 11) is 0. The summed E-state index contributed by atoms with van der Waals surface area (Å²) in [5.74, 6) is 0.607. The molecular formula is C15H22ClFO. The van der Waals surface area contributed by atoms with Crippen molar-refractivity contribution in [3.63, 3.8) is 0 Å². The Balaban J connectivity index is 2.20. The summed E-state index contributed by atoms with van der Waals surface area (Å²) in [4.78, 5) is 0. The fourth-order valence-electron chi connectivity index (χ4n) is 1.85. The normalized spacial score (nSPS) is 10.6. The van der Waals surface area contributed by atoms with Gasteiger partial charge in [-0.05, 0) is 24.1 Å².